The molecular weight excluding hydrogens is 360 g/mol. The van der Waals surface area contributed by atoms with Gasteiger partial charge in [-0.25, -0.2) is 0 Å². The largest absolute Gasteiger partial charge is 0.416 e. The Balaban J connectivity index is 2.12. The van der Waals surface area contributed by atoms with Gasteiger partial charge in [0.15, 0.2) is 8.32 Å². The summed E-state index contributed by atoms with van der Waals surface area (Å²) in [6.07, 6.45) is 4.49. The van der Waals surface area contributed by atoms with Gasteiger partial charge in [0.2, 0.25) is 0 Å². The SMILES string of the molecule is CC(C)(C)[Si](C)(C)OC[C@@]1(C)C=C(CCl)CC[C@@H]1OCc1ccccc1. The zero-order valence-corrected chi connectivity index (χ0v) is 19.0. The average Bonchev–Trinajstić information content (AvgIpc) is 2.59. The van der Waals surface area contributed by atoms with Crippen LogP contribution in [0.25, 0.3) is 0 Å². The Morgan fingerprint density at radius 2 is 1.85 bits per heavy atom. The lowest BCUT2D eigenvalue weighted by atomic mass is 9.76. The fourth-order valence-electron chi connectivity index (χ4n) is 3.11. The molecule has 0 aliphatic heterocycles. The molecule has 0 unspecified atom stereocenters. The second-order valence-corrected chi connectivity index (χ2v) is 14.4. The fraction of sp³-hybridized carbons (Fsp3) is 0.636. The van der Waals surface area contributed by atoms with Gasteiger partial charge in [-0.2, -0.15) is 0 Å². The minimum atomic E-state index is -1.80. The van der Waals surface area contributed by atoms with E-state index >= 15 is 0 Å². The molecule has 1 aromatic carbocycles. The first-order chi connectivity index (χ1) is 12.1. The number of hydrogen-bond donors (Lipinski definition) is 0. The van der Waals surface area contributed by atoms with Gasteiger partial charge in [-0.15, -0.1) is 11.6 Å². The Morgan fingerprint density at radius 3 is 2.42 bits per heavy atom. The molecule has 1 aliphatic carbocycles. The van der Waals surface area contributed by atoms with Crippen molar-refractivity contribution in [2.45, 2.75) is 71.4 Å². The van der Waals surface area contributed by atoms with E-state index in [1.54, 1.807) is 0 Å². The third kappa shape index (κ3) is 5.45. The smallest absolute Gasteiger partial charge is 0.192 e. The van der Waals surface area contributed by atoms with Crippen LogP contribution in [0.4, 0.5) is 0 Å². The van der Waals surface area contributed by atoms with Crippen LogP contribution in [0.5, 0.6) is 0 Å². The van der Waals surface area contributed by atoms with Crippen LogP contribution < -0.4 is 0 Å². The molecular formula is C22H35ClO2Si. The number of hydrogen-bond acceptors (Lipinski definition) is 2. The van der Waals surface area contributed by atoms with Crippen LogP contribution in [0.2, 0.25) is 18.1 Å². The summed E-state index contributed by atoms with van der Waals surface area (Å²) >= 11 is 6.15. The Kier molecular flexibility index (Phi) is 7.17. The lowest BCUT2D eigenvalue weighted by molar-refractivity contribution is -0.0501. The molecule has 0 bridgehead atoms. The van der Waals surface area contributed by atoms with E-state index in [-0.39, 0.29) is 16.6 Å². The van der Waals surface area contributed by atoms with Crippen molar-refractivity contribution in [3.63, 3.8) is 0 Å². The number of rotatable bonds is 7. The van der Waals surface area contributed by atoms with Crippen molar-refractivity contribution in [2.24, 2.45) is 5.41 Å². The number of halogens is 1. The van der Waals surface area contributed by atoms with Crippen molar-refractivity contribution in [3.05, 3.63) is 47.5 Å². The van der Waals surface area contributed by atoms with Gasteiger partial charge in [-0.05, 0) is 36.5 Å². The first-order valence-electron chi connectivity index (χ1n) is 9.63. The molecule has 0 radical (unpaired) electrons. The molecule has 1 aliphatic rings. The molecule has 146 valence electrons. The molecule has 0 saturated carbocycles. The van der Waals surface area contributed by atoms with Crippen molar-refractivity contribution in [1.82, 2.24) is 0 Å². The van der Waals surface area contributed by atoms with Crippen LogP contribution in [0.3, 0.4) is 0 Å². The van der Waals surface area contributed by atoms with Gasteiger partial charge in [0.1, 0.15) is 0 Å². The van der Waals surface area contributed by atoms with Crippen LogP contribution in [-0.4, -0.2) is 26.9 Å². The van der Waals surface area contributed by atoms with E-state index in [1.807, 2.05) is 6.07 Å². The number of benzene rings is 1. The first kappa shape index (κ1) is 21.7. The summed E-state index contributed by atoms with van der Waals surface area (Å²) in [6, 6.07) is 10.4. The third-order valence-electron chi connectivity index (χ3n) is 6.01. The van der Waals surface area contributed by atoms with Gasteiger partial charge in [-0.3, -0.25) is 0 Å². The summed E-state index contributed by atoms with van der Waals surface area (Å²) in [4.78, 5) is 0. The molecule has 2 rings (SSSR count). The molecule has 0 saturated heterocycles. The summed E-state index contributed by atoms with van der Waals surface area (Å²) in [5, 5.41) is 0.206. The van der Waals surface area contributed by atoms with E-state index in [0.717, 1.165) is 12.8 Å². The van der Waals surface area contributed by atoms with E-state index in [0.29, 0.717) is 19.1 Å². The van der Waals surface area contributed by atoms with Crippen molar-refractivity contribution in [2.75, 3.05) is 12.5 Å². The fourth-order valence-corrected chi connectivity index (χ4v) is 4.43. The van der Waals surface area contributed by atoms with Crippen molar-refractivity contribution in [3.8, 4) is 0 Å². The molecule has 2 atom stereocenters. The summed E-state index contributed by atoms with van der Waals surface area (Å²) in [7, 11) is -1.80. The highest BCUT2D eigenvalue weighted by Crippen LogP contribution is 2.41. The van der Waals surface area contributed by atoms with Crippen molar-refractivity contribution < 1.29 is 9.16 Å². The molecule has 4 heteroatoms. The molecule has 0 N–H and O–H groups in total. The predicted molar refractivity (Wildman–Crippen MR) is 114 cm³/mol. The van der Waals surface area contributed by atoms with Gasteiger partial charge in [0.25, 0.3) is 0 Å². The molecule has 0 heterocycles. The van der Waals surface area contributed by atoms with Crippen LogP contribution >= 0.6 is 11.6 Å². The van der Waals surface area contributed by atoms with Crippen LogP contribution in [0.15, 0.2) is 42.0 Å². The molecule has 0 amide bonds. The number of allylic oxidation sites excluding steroid dienone is 1. The highest BCUT2D eigenvalue weighted by Gasteiger charge is 2.42. The standard InChI is InChI=1S/C22H35ClO2Si/c1-21(2,3)26(5,6)25-17-22(4)14-19(15-23)12-13-20(22)24-16-18-10-8-7-9-11-18/h7-11,14,20H,12-13,15-17H2,1-6H3/t20-,22+/m0/s1. The van der Waals surface area contributed by atoms with Gasteiger partial charge in [0, 0.05) is 17.9 Å². The highest BCUT2D eigenvalue weighted by atomic mass is 35.5. The minimum absolute atomic E-state index is 0.132. The molecule has 2 nitrogen and oxygen atoms in total. The van der Waals surface area contributed by atoms with Crippen LogP contribution in [0.1, 0.15) is 46.1 Å². The van der Waals surface area contributed by atoms with E-state index < -0.39 is 8.32 Å². The van der Waals surface area contributed by atoms with Crippen LogP contribution in [-0.2, 0) is 15.8 Å². The quantitative estimate of drug-likeness (QED) is 0.296. The normalized spacial score (nSPS) is 24.4. The summed E-state index contributed by atoms with van der Waals surface area (Å²) in [5.41, 5.74) is 2.40. The molecule has 0 fully saturated rings. The lowest BCUT2D eigenvalue weighted by Gasteiger charge is -2.43. The maximum Gasteiger partial charge on any atom is 0.192 e. The molecule has 0 aromatic heterocycles. The zero-order valence-electron chi connectivity index (χ0n) is 17.3. The van der Waals surface area contributed by atoms with Gasteiger partial charge < -0.3 is 9.16 Å². The second kappa shape index (κ2) is 8.60. The highest BCUT2D eigenvalue weighted by molar-refractivity contribution is 6.74. The maximum atomic E-state index is 6.58. The zero-order chi connectivity index (χ0) is 19.4. The predicted octanol–water partition coefficient (Wildman–Crippen LogP) is 6.56. The summed E-state index contributed by atoms with van der Waals surface area (Å²) in [6.45, 7) is 15.1. The maximum absolute atomic E-state index is 6.58. The molecule has 26 heavy (non-hydrogen) atoms. The van der Waals surface area contributed by atoms with E-state index in [1.165, 1.54) is 11.1 Å². The summed E-state index contributed by atoms with van der Waals surface area (Å²) in [5.74, 6) is 0.598. The number of ether oxygens (including phenoxy) is 1. The number of alkyl halides is 1. The Bertz CT molecular complexity index is 606. The van der Waals surface area contributed by atoms with Gasteiger partial charge >= 0.3 is 0 Å². The van der Waals surface area contributed by atoms with Gasteiger partial charge in [0.05, 0.1) is 12.7 Å². The lowest BCUT2D eigenvalue weighted by Crippen LogP contribution is -2.47. The average molecular weight is 395 g/mol. The van der Waals surface area contributed by atoms with E-state index in [4.69, 9.17) is 20.8 Å². The van der Waals surface area contributed by atoms with E-state index in [2.05, 4.69) is 71.1 Å². The third-order valence-corrected chi connectivity index (χ3v) is 10.8. The molecule has 0 spiro atoms. The molecule has 1 aromatic rings. The van der Waals surface area contributed by atoms with E-state index in [9.17, 15) is 0 Å². The Hall–Kier alpha value is -0.613. The summed E-state index contributed by atoms with van der Waals surface area (Å²) < 4.78 is 13.0. The minimum Gasteiger partial charge on any atom is -0.416 e. The van der Waals surface area contributed by atoms with Crippen molar-refractivity contribution >= 4 is 19.9 Å². The second-order valence-electron chi connectivity index (χ2n) is 9.31. The first-order valence-corrected chi connectivity index (χ1v) is 13.1. The topological polar surface area (TPSA) is 18.5 Å². The van der Waals surface area contributed by atoms with Crippen LogP contribution in [0, 0.1) is 5.41 Å². The Labute approximate surface area is 166 Å². The van der Waals surface area contributed by atoms with Gasteiger partial charge in [-0.1, -0.05) is 69.7 Å². The Morgan fingerprint density at radius 1 is 1.19 bits per heavy atom. The van der Waals surface area contributed by atoms with Crippen molar-refractivity contribution in [1.29, 1.82) is 0 Å². The monoisotopic (exact) mass is 394 g/mol.